The Morgan fingerprint density at radius 2 is 1.35 bits per heavy atom. The molecule has 69 heavy (non-hydrogen) atoms. The zero-order valence-corrected chi connectivity index (χ0v) is 39.3. The number of hydrogen-bond acceptors (Lipinski definition) is 6. The molecule has 0 amide bonds. The van der Waals surface area contributed by atoms with Gasteiger partial charge < -0.3 is 4.90 Å². The Morgan fingerprint density at radius 3 is 2.07 bits per heavy atom. The van der Waals surface area contributed by atoms with E-state index < -0.39 is 0 Å². The third-order valence-corrected chi connectivity index (χ3v) is 18.1. The topological polar surface area (TPSA) is 54.8 Å². The molecule has 6 aromatic rings. The molecule has 5 nitrogen and oxygen atoms in total. The number of rotatable bonds is 4. The number of pyridine rings is 1. The highest BCUT2D eigenvalue weighted by Gasteiger charge is 2.59. The molecule has 2 aromatic heterocycles. The van der Waals surface area contributed by atoms with Crippen LogP contribution in [0.15, 0.2) is 223 Å². The number of aromatic nitrogens is 4. The van der Waals surface area contributed by atoms with Gasteiger partial charge in [0.15, 0.2) is 17.5 Å². The van der Waals surface area contributed by atoms with Crippen LogP contribution in [0.2, 0.25) is 0 Å². The highest BCUT2D eigenvalue weighted by Crippen LogP contribution is 2.62. The summed E-state index contributed by atoms with van der Waals surface area (Å²) in [5.74, 6) is 3.06. The maximum absolute atomic E-state index is 5.70. The molecule has 0 radical (unpaired) electrons. The molecule has 9 atom stereocenters. The van der Waals surface area contributed by atoms with Gasteiger partial charge in [-0.1, -0.05) is 188 Å². The van der Waals surface area contributed by atoms with E-state index in [0.29, 0.717) is 40.5 Å². The third kappa shape index (κ3) is 6.59. The number of nitrogens with zero attached hydrogens (tertiary/aromatic N) is 5. The standard InChI is InChI=1S/C63H51N5S/c1-63-36-35-50-49-23-14-24-51-56-52(62-66-60(43-17-7-3-8-18-43)65-61(67-62)44-19-9-4-10-20-44)37-45(38-64-56)55-47(41-15-5-2-6-16-41)21-13-22-48(55)42-29-27-39(28-30-42)40-31-33-46(34-32-40)68(54-26-12-11-25-53(54)63)59(63)58(50)69-57(49)51/h2-27,29-31,33,35-39,48-50,55,57-59H,28,32,34H2,1H3/t39?,48?,49?,50?,55?,57?,58?,59-,63?/m0/s1. The van der Waals surface area contributed by atoms with E-state index in [9.17, 15) is 0 Å². The molecule has 9 heterocycles. The molecule has 18 rings (SSSR count). The molecular weight excluding hydrogens is 859 g/mol. The summed E-state index contributed by atoms with van der Waals surface area (Å²) in [6.45, 7) is 2.50. The predicted octanol–water partition coefficient (Wildman–Crippen LogP) is 14.1. The van der Waals surface area contributed by atoms with Crippen LogP contribution in [0.3, 0.4) is 0 Å². The van der Waals surface area contributed by atoms with E-state index in [1.165, 1.54) is 44.8 Å². The monoisotopic (exact) mass is 909 g/mol. The fraction of sp³-hybridized carbons (Fsp3) is 0.206. The fourth-order valence-electron chi connectivity index (χ4n) is 13.0. The number of anilines is 1. The van der Waals surface area contributed by atoms with Crippen molar-refractivity contribution in [2.75, 3.05) is 4.90 Å². The minimum atomic E-state index is -0.131. The maximum Gasteiger partial charge on any atom is 0.166 e. The lowest BCUT2D eigenvalue weighted by Gasteiger charge is -2.45. The molecule has 1 fully saturated rings. The molecule has 12 aliphatic rings. The molecule has 6 heteroatoms. The minimum absolute atomic E-state index is 0.00587. The Bertz CT molecular complexity index is 3300. The van der Waals surface area contributed by atoms with Gasteiger partial charge in [0.1, 0.15) is 0 Å². The molecule has 7 aliphatic heterocycles. The van der Waals surface area contributed by atoms with E-state index >= 15 is 0 Å². The Hall–Kier alpha value is -7.15. The molecule has 0 N–H and O–H groups in total. The molecule has 334 valence electrons. The van der Waals surface area contributed by atoms with Crippen molar-refractivity contribution in [3.63, 3.8) is 0 Å². The lowest BCUT2D eigenvalue weighted by molar-refractivity contribution is 0.361. The van der Waals surface area contributed by atoms with Gasteiger partial charge in [0.2, 0.25) is 0 Å². The molecule has 5 aliphatic carbocycles. The molecule has 8 bridgehead atoms. The first-order chi connectivity index (χ1) is 34.1. The summed E-state index contributed by atoms with van der Waals surface area (Å²) in [5, 5.41) is 0.523. The van der Waals surface area contributed by atoms with E-state index in [1.807, 2.05) is 12.1 Å². The van der Waals surface area contributed by atoms with Gasteiger partial charge in [-0.2, -0.15) is 0 Å². The second kappa shape index (κ2) is 16.2. The van der Waals surface area contributed by atoms with Crippen molar-refractivity contribution >= 4 is 28.6 Å². The van der Waals surface area contributed by atoms with Crippen LogP contribution in [0.1, 0.15) is 54.5 Å². The van der Waals surface area contributed by atoms with E-state index in [2.05, 4.69) is 218 Å². The second-order valence-electron chi connectivity index (χ2n) is 20.0. The normalized spacial score (nSPS) is 28.7. The van der Waals surface area contributed by atoms with Gasteiger partial charge in [0.05, 0.1) is 11.7 Å². The van der Waals surface area contributed by atoms with Crippen LogP contribution in [0.25, 0.3) is 45.3 Å². The van der Waals surface area contributed by atoms with Gasteiger partial charge in [-0.15, -0.1) is 11.8 Å². The zero-order chi connectivity index (χ0) is 45.6. The third-order valence-electron chi connectivity index (χ3n) is 16.3. The van der Waals surface area contributed by atoms with Crippen molar-refractivity contribution in [3.05, 3.63) is 246 Å². The summed E-state index contributed by atoms with van der Waals surface area (Å²) < 4.78 is 0. The summed E-state index contributed by atoms with van der Waals surface area (Å²) in [6.07, 6.45) is 37.0. The van der Waals surface area contributed by atoms with Gasteiger partial charge in [0, 0.05) is 73.9 Å². The van der Waals surface area contributed by atoms with Crippen LogP contribution < -0.4 is 4.90 Å². The summed E-state index contributed by atoms with van der Waals surface area (Å²) >= 11 is 2.17. The van der Waals surface area contributed by atoms with Crippen molar-refractivity contribution in [2.24, 2.45) is 23.7 Å². The number of para-hydroxylation sites is 1. The predicted molar refractivity (Wildman–Crippen MR) is 283 cm³/mol. The summed E-state index contributed by atoms with van der Waals surface area (Å²) in [6, 6.07) is 43.5. The lowest BCUT2D eigenvalue weighted by Crippen LogP contribution is -2.52. The van der Waals surface area contributed by atoms with Crippen LogP contribution in [0, 0.1) is 23.7 Å². The van der Waals surface area contributed by atoms with Crippen molar-refractivity contribution in [1.29, 1.82) is 0 Å². The molecule has 0 saturated carbocycles. The summed E-state index contributed by atoms with van der Waals surface area (Å²) in [4.78, 5) is 24.5. The number of benzene rings is 4. The van der Waals surface area contributed by atoms with E-state index in [1.54, 1.807) is 0 Å². The largest absolute Gasteiger partial charge is 0.339 e. The van der Waals surface area contributed by atoms with Crippen LogP contribution >= 0.6 is 11.8 Å². The molecule has 1 saturated heterocycles. The number of hydrogen-bond donors (Lipinski definition) is 0. The summed E-state index contributed by atoms with van der Waals surface area (Å²) in [5.41, 5.74) is 15.7. The Balaban J connectivity index is 1.00. The fourth-order valence-corrected chi connectivity index (χ4v) is 15.1. The van der Waals surface area contributed by atoms with Gasteiger partial charge in [-0.3, -0.25) is 4.98 Å². The van der Waals surface area contributed by atoms with E-state index in [4.69, 9.17) is 19.9 Å². The number of allylic oxidation sites excluding steroid dienone is 16. The first-order valence-electron chi connectivity index (χ1n) is 24.8. The molecule has 0 spiro atoms. The van der Waals surface area contributed by atoms with Crippen molar-refractivity contribution in [2.45, 2.75) is 54.1 Å². The van der Waals surface area contributed by atoms with Gasteiger partial charge >= 0.3 is 0 Å². The number of thioether (sulfide) groups is 1. The minimum Gasteiger partial charge on any atom is -0.339 e. The molecular formula is C63H51N5S. The Labute approximate surface area is 409 Å². The highest BCUT2D eigenvalue weighted by atomic mass is 32.2. The van der Waals surface area contributed by atoms with Crippen LogP contribution in [-0.2, 0) is 5.41 Å². The zero-order valence-electron chi connectivity index (χ0n) is 38.5. The average molecular weight is 910 g/mol. The molecule has 4 aromatic carbocycles. The van der Waals surface area contributed by atoms with E-state index in [-0.39, 0.29) is 28.5 Å². The summed E-state index contributed by atoms with van der Waals surface area (Å²) in [7, 11) is 0. The quantitative estimate of drug-likeness (QED) is 0.164. The van der Waals surface area contributed by atoms with Gasteiger partial charge in [-0.25, -0.2) is 15.0 Å². The maximum atomic E-state index is 5.70. The highest BCUT2D eigenvalue weighted by molar-refractivity contribution is 8.01. The smallest absolute Gasteiger partial charge is 0.166 e. The van der Waals surface area contributed by atoms with Gasteiger partial charge in [-0.05, 0) is 83.7 Å². The first-order valence-corrected chi connectivity index (χ1v) is 25.7. The first kappa shape index (κ1) is 40.9. The van der Waals surface area contributed by atoms with Crippen LogP contribution in [0.5, 0.6) is 0 Å². The Morgan fingerprint density at radius 1 is 0.652 bits per heavy atom. The average Bonchev–Trinajstić information content (AvgIpc) is 3.94. The second-order valence-corrected chi connectivity index (χ2v) is 21.4. The number of fused-ring (bicyclic) bond motifs is 3. The van der Waals surface area contributed by atoms with Crippen LogP contribution in [0.4, 0.5) is 5.69 Å². The van der Waals surface area contributed by atoms with Crippen molar-refractivity contribution in [3.8, 4) is 34.2 Å². The van der Waals surface area contributed by atoms with Crippen molar-refractivity contribution in [1.82, 2.24) is 19.9 Å². The Kier molecular flexibility index (Phi) is 9.62. The van der Waals surface area contributed by atoms with Gasteiger partial charge in [0.25, 0.3) is 0 Å². The lowest BCUT2D eigenvalue weighted by atomic mass is 9.67. The van der Waals surface area contributed by atoms with E-state index in [0.717, 1.165) is 47.2 Å². The van der Waals surface area contributed by atoms with Crippen LogP contribution in [-0.4, -0.2) is 36.5 Å². The van der Waals surface area contributed by atoms with Crippen molar-refractivity contribution < 1.29 is 0 Å². The molecule has 8 unspecified atom stereocenters. The SMILES string of the molecule is CC12C=CC3C4C=CC=C5c6ncc(cc6-c6nc(-c7ccccc7)nc(-c7ccccc7)n6)C6C(c7ccccc7)=CC=CC6C6=CCC(C=C6)C6=CC=C(CC6)N(c6ccccc61)[C@H]2C3SC54.